The van der Waals surface area contributed by atoms with Crippen molar-refractivity contribution < 1.29 is 28.5 Å². The largest absolute Gasteiger partial charge is 0.441 e. The number of pyridine rings is 2. The number of hydrogen-bond acceptors (Lipinski definition) is 10. The van der Waals surface area contributed by atoms with Crippen molar-refractivity contribution in [1.29, 1.82) is 10.8 Å². The number of carbonyl (C=O) groups excluding carboxylic acids is 4. The SMILES string of the molecule is N=C(N)NCCCC(NC(=O)C1(C(=O)NCCc2cccnc2)CCCC1)OBOC(CCCNC(=N)N)NC(=O)C1(C(=O)NCCc2cccnc2)CCCC1. The minimum absolute atomic E-state index is 0.187. The van der Waals surface area contributed by atoms with Crippen molar-refractivity contribution in [2.75, 3.05) is 26.2 Å². The van der Waals surface area contributed by atoms with E-state index in [2.05, 4.69) is 41.9 Å². The lowest BCUT2D eigenvalue weighted by Gasteiger charge is -2.31. The molecular formula is C38H59BN12O6. The molecule has 4 rings (SSSR count). The highest BCUT2D eigenvalue weighted by atomic mass is 16.6. The molecule has 12 N–H and O–H groups in total. The smallest absolute Gasteiger partial charge is 0.393 e. The van der Waals surface area contributed by atoms with E-state index in [1.54, 1.807) is 24.8 Å². The van der Waals surface area contributed by atoms with Crippen LogP contribution in [0.4, 0.5) is 0 Å². The fourth-order valence-corrected chi connectivity index (χ4v) is 7.33. The summed E-state index contributed by atoms with van der Waals surface area (Å²) >= 11 is 0. The Labute approximate surface area is 334 Å². The number of nitrogens with one attached hydrogen (secondary N) is 8. The maximum absolute atomic E-state index is 14.0. The molecule has 2 aromatic heterocycles. The summed E-state index contributed by atoms with van der Waals surface area (Å²) in [5, 5.41) is 32.2. The van der Waals surface area contributed by atoms with E-state index in [1.165, 1.54) is 0 Å². The molecule has 0 saturated heterocycles. The summed E-state index contributed by atoms with van der Waals surface area (Å²) in [5.74, 6) is -1.93. The normalized spacial score (nSPS) is 16.4. The highest BCUT2D eigenvalue weighted by molar-refractivity contribution is 6.18. The van der Waals surface area contributed by atoms with Crippen LogP contribution in [-0.2, 0) is 41.3 Å². The van der Waals surface area contributed by atoms with Crippen molar-refractivity contribution in [3.8, 4) is 0 Å². The quantitative estimate of drug-likeness (QED) is 0.0172. The van der Waals surface area contributed by atoms with Crippen molar-refractivity contribution in [2.45, 2.75) is 102 Å². The molecule has 2 heterocycles. The zero-order chi connectivity index (χ0) is 40.9. The Morgan fingerprint density at radius 3 is 1.40 bits per heavy atom. The Bertz CT molecular complexity index is 1490. The number of nitrogens with two attached hydrogens (primary N) is 2. The second kappa shape index (κ2) is 23.1. The molecule has 2 atom stereocenters. The Morgan fingerprint density at radius 2 is 1.05 bits per heavy atom. The van der Waals surface area contributed by atoms with Crippen molar-refractivity contribution in [3.05, 3.63) is 60.2 Å². The van der Waals surface area contributed by atoms with Crippen molar-refractivity contribution in [2.24, 2.45) is 22.3 Å². The van der Waals surface area contributed by atoms with Gasteiger partial charge in [-0.05, 0) is 87.5 Å². The van der Waals surface area contributed by atoms with E-state index >= 15 is 0 Å². The van der Waals surface area contributed by atoms with Gasteiger partial charge < -0.3 is 52.7 Å². The first-order chi connectivity index (χ1) is 27.5. The van der Waals surface area contributed by atoms with E-state index in [0.29, 0.717) is 90.4 Å². The van der Waals surface area contributed by atoms with Gasteiger partial charge in [-0.3, -0.25) is 40.0 Å². The summed E-state index contributed by atoms with van der Waals surface area (Å²) in [5.41, 5.74) is 10.3. The van der Waals surface area contributed by atoms with Gasteiger partial charge in [-0.1, -0.05) is 37.8 Å². The van der Waals surface area contributed by atoms with Crippen LogP contribution in [-0.4, -0.2) is 91.8 Å². The molecule has 2 unspecified atom stereocenters. The third-order valence-corrected chi connectivity index (χ3v) is 10.5. The van der Waals surface area contributed by atoms with Gasteiger partial charge in [0.05, 0.1) is 0 Å². The van der Waals surface area contributed by atoms with Crippen molar-refractivity contribution in [1.82, 2.24) is 41.9 Å². The molecular weight excluding hydrogens is 731 g/mol. The predicted molar refractivity (Wildman–Crippen MR) is 215 cm³/mol. The number of hydrogen-bond donors (Lipinski definition) is 10. The summed E-state index contributed by atoms with van der Waals surface area (Å²) in [4.78, 5) is 63.4. The van der Waals surface area contributed by atoms with Gasteiger partial charge in [-0.2, -0.15) is 0 Å². The Kier molecular flexibility index (Phi) is 18.0. The zero-order valence-electron chi connectivity index (χ0n) is 32.7. The molecule has 0 aliphatic heterocycles. The fraction of sp³-hybridized carbons (Fsp3) is 0.579. The summed E-state index contributed by atoms with van der Waals surface area (Å²) < 4.78 is 12.2. The van der Waals surface area contributed by atoms with Crippen LogP contribution in [0.5, 0.6) is 0 Å². The second-order valence-electron chi connectivity index (χ2n) is 14.7. The molecule has 2 aliphatic rings. The monoisotopic (exact) mass is 790 g/mol. The first-order valence-electron chi connectivity index (χ1n) is 19.9. The summed E-state index contributed by atoms with van der Waals surface area (Å²) in [6.45, 7) is 1.40. The van der Waals surface area contributed by atoms with Gasteiger partial charge in [0.2, 0.25) is 23.6 Å². The molecule has 0 aromatic carbocycles. The van der Waals surface area contributed by atoms with Crippen LogP contribution < -0.4 is 43.4 Å². The van der Waals surface area contributed by atoms with E-state index in [9.17, 15) is 19.2 Å². The molecule has 0 spiro atoms. The fourth-order valence-electron chi connectivity index (χ4n) is 7.33. The number of aromatic nitrogens is 2. The number of nitrogens with zero attached hydrogens (tertiary/aromatic N) is 2. The van der Waals surface area contributed by atoms with E-state index in [0.717, 1.165) is 36.8 Å². The molecule has 4 amide bonds. The molecule has 2 saturated carbocycles. The van der Waals surface area contributed by atoms with Crippen LogP contribution in [0.15, 0.2) is 49.1 Å². The van der Waals surface area contributed by atoms with Crippen molar-refractivity contribution in [3.63, 3.8) is 0 Å². The standard InChI is InChI=1S/C38H59BN12O6/c40-35(41)48-21-7-11-29(50-33(54)37(15-1-2-16-37)31(52)46-23-13-27-9-5-19-44-25-27)56-39-57-30(12-8-22-49-36(42)43)51-34(55)38(17-3-4-18-38)32(53)47-24-14-28-10-6-20-45-26-28/h5-6,9-10,19-20,25-26,29-30,39H,1-4,7-8,11-18,21-24H2,(H,46,52)(H,47,53)(H,50,54)(H,51,55)(H4,40,41,48)(H4,42,43,49). The van der Waals surface area contributed by atoms with E-state index in [4.69, 9.17) is 31.6 Å². The number of guanidine groups is 2. The molecule has 0 radical (unpaired) electrons. The summed E-state index contributed by atoms with van der Waals surface area (Å²) in [7, 11) is -0.342. The minimum Gasteiger partial charge on any atom is -0.393 e. The Balaban J connectivity index is 1.40. The van der Waals surface area contributed by atoms with E-state index < -0.39 is 35.1 Å². The van der Waals surface area contributed by atoms with Gasteiger partial charge in [0.1, 0.15) is 23.3 Å². The lowest BCUT2D eigenvalue weighted by molar-refractivity contribution is -0.146. The molecule has 0 bridgehead atoms. The first kappa shape index (κ1) is 44.4. The van der Waals surface area contributed by atoms with Crippen LogP contribution >= 0.6 is 0 Å². The molecule has 2 aliphatic carbocycles. The molecule has 18 nitrogen and oxygen atoms in total. The van der Waals surface area contributed by atoms with Gasteiger partial charge >= 0.3 is 7.69 Å². The second-order valence-corrected chi connectivity index (χ2v) is 14.7. The number of rotatable bonds is 24. The topological polar surface area (TPSA) is 284 Å². The number of amides is 4. The van der Waals surface area contributed by atoms with Gasteiger partial charge in [0.25, 0.3) is 0 Å². The average Bonchev–Trinajstić information content (AvgIpc) is 3.91. The lowest BCUT2D eigenvalue weighted by atomic mass is 9.83. The predicted octanol–water partition coefficient (Wildman–Crippen LogP) is 0.326. The van der Waals surface area contributed by atoms with Crippen LogP contribution in [0.25, 0.3) is 0 Å². The highest BCUT2D eigenvalue weighted by Gasteiger charge is 2.49. The van der Waals surface area contributed by atoms with Gasteiger partial charge in [-0.25, -0.2) is 0 Å². The summed E-state index contributed by atoms with van der Waals surface area (Å²) in [6, 6.07) is 7.52. The average molecular weight is 791 g/mol. The van der Waals surface area contributed by atoms with Gasteiger partial charge in [0, 0.05) is 51.0 Å². The zero-order valence-corrected chi connectivity index (χ0v) is 32.7. The van der Waals surface area contributed by atoms with Crippen LogP contribution in [0.1, 0.15) is 88.2 Å². The molecule has 57 heavy (non-hydrogen) atoms. The van der Waals surface area contributed by atoms with Crippen LogP contribution in [0.2, 0.25) is 0 Å². The van der Waals surface area contributed by atoms with Gasteiger partial charge in [0.15, 0.2) is 11.9 Å². The third-order valence-electron chi connectivity index (χ3n) is 10.5. The van der Waals surface area contributed by atoms with Crippen LogP contribution in [0.3, 0.4) is 0 Å². The minimum atomic E-state index is -1.26. The maximum atomic E-state index is 14.0. The molecule has 310 valence electrons. The molecule has 2 fully saturated rings. The lowest BCUT2D eigenvalue weighted by Crippen LogP contribution is -2.54. The summed E-state index contributed by atoms with van der Waals surface area (Å²) in [6.07, 6.45) is 12.3. The van der Waals surface area contributed by atoms with Gasteiger partial charge in [-0.15, -0.1) is 0 Å². The van der Waals surface area contributed by atoms with E-state index in [1.807, 2.05) is 24.3 Å². The molecule has 2 aromatic rings. The third kappa shape index (κ3) is 14.0. The highest BCUT2D eigenvalue weighted by Crippen LogP contribution is 2.40. The Hall–Kier alpha value is -5.30. The van der Waals surface area contributed by atoms with Crippen molar-refractivity contribution >= 4 is 43.2 Å². The Morgan fingerprint density at radius 1 is 0.649 bits per heavy atom. The number of carbonyl (C=O) groups is 4. The maximum Gasteiger partial charge on any atom is 0.441 e. The first-order valence-corrected chi connectivity index (χ1v) is 19.9. The van der Waals surface area contributed by atoms with Crippen LogP contribution in [0, 0.1) is 21.6 Å². The van der Waals surface area contributed by atoms with E-state index in [-0.39, 0.29) is 31.4 Å². The molecule has 19 heteroatoms.